The van der Waals surface area contributed by atoms with E-state index in [1.54, 1.807) is 29.2 Å². The van der Waals surface area contributed by atoms with Crippen molar-refractivity contribution in [1.29, 1.82) is 0 Å². The number of benzene rings is 1. The molecular formula is C13H17N3O3. The van der Waals surface area contributed by atoms with E-state index in [0.717, 1.165) is 5.69 Å². The van der Waals surface area contributed by atoms with Gasteiger partial charge in [0.05, 0.1) is 0 Å². The fourth-order valence-electron chi connectivity index (χ4n) is 1.91. The second kappa shape index (κ2) is 6.19. The monoisotopic (exact) mass is 263 g/mol. The Morgan fingerprint density at radius 2 is 2.11 bits per heavy atom. The molecule has 6 nitrogen and oxygen atoms in total. The van der Waals surface area contributed by atoms with E-state index in [9.17, 15) is 9.59 Å². The topological polar surface area (TPSA) is 81.7 Å². The van der Waals surface area contributed by atoms with E-state index in [1.807, 2.05) is 0 Å². The van der Waals surface area contributed by atoms with Gasteiger partial charge in [-0.2, -0.15) is 0 Å². The van der Waals surface area contributed by atoms with Gasteiger partial charge in [0.1, 0.15) is 0 Å². The SMILES string of the molecule is O=C(CCCO)Nc1ccc(N2CCNC2=O)cc1. The molecule has 0 radical (unpaired) electrons. The van der Waals surface area contributed by atoms with E-state index in [0.29, 0.717) is 31.6 Å². The summed E-state index contributed by atoms with van der Waals surface area (Å²) in [5.41, 5.74) is 1.50. The smallest absolute Gasteiger partial charge is 0.321 e. The molecule has 1 aliphatic heterocycles. The van der Waals surface area contributed by atoms with Gasteiger partial charge < -0.3 is 15.7 Å². The van der Waals surface area contributed by atoms with E-state index < -0.39 is 0 Å². The minimum atomic E-state index is -0.124. The largest absolute Gasteiger partial charge is 0.396 e. The van der Waals surface area contributed by atoms with Gasteiger partial charge in [-0.05, 0) is 30.7 Å². The van der Waals surface area contributed by atoms with Gasteiger partial charge in [0.15, 0.2) is 0 Å². The Bertz CT molecular complexity index is 459. The number of hydrogen-bond donors (Lipinski definition) is 3. The standard InChI is InChI=1S/C13H17N3O3/c17-9-1-2-12(18)15-10-3-5-11(6-4-10)16-8-7-14-13(16)19/h3-6,17H,1-2,7-9H2,(H,14,19)(H,15,18). The molecule has 0 bridgehead atoms. The molecule has 0 unspecified atom stereocenters. The molecule has 0 aromatic heterocycles. The first-order valence-corrected chi connectivity index (χ1v) is 6.27. The minimum absolute atomic E-state index is 0.0103. The summed E-state index contributed by atoms with van der Waals surface area (Å²) < 4.78 is 0. The zero-order valence-electron chi connectivity index (χ0n) is 10.6. The van der Waals surface area contributed by atoms with Gasteiger partial charge in [0.25, 0.3) is 0 Å². The van der Waals surface area contributed by atoms with Crippen LogP contribution in [0.15, 0.2) is 24.3 Å². The number of urea groups is 1. The zero-order chi connectivity index (χ0) is 13.7. The third-order valence-corrected chi connectivity index (χ3v) is 2.88. The van der Waals surface area contributed by atoms with E-state index >= 15 is 0 Å². The van der Waals surface area contributed by atoms with Crippen molar-refractivity contribution in [2.45, 2.75) is 12.8 Å². The number of nitrogens with zero attached hydrogens (tertiary/aromatic N) is 1. The third-order valence-electron chi connectivity index (χ3n) is 2.88. The van der Waals surface area contributed by atoms with Crippen LogP contribution >= 0.6 is 0 Å². The molecule has 0 atom stereocenters. The van der Waals surface area contributed by atoms with Crippen LogP contribution in [0.2, 0.25) is 0 Å². The van der Waals surface area contributed by atoms with Crippen molar-refractivity contribution in [3.8, 4) is 0 Å². The molecule has 19 heavy (non-hydrogen) atoms. The molecule has 1 aromatic carbocycles. The quantitative estimate of drug-likeness (QED) is 0.739. The summed E-state index contributed by atoms with van der Waals surface area (Å²) in [5, 5.41) is 14.1. The molecule has 0 saturated carbocycles. The molecule has 3 amide bonds. The molecule has 1 heterocycles. The van der Waals surface area contributed by atoms with Crippen LogP contribution in [0.5, 0.6) is 0 Å². The Labute approximate surface area is 111 Å². The van der Waals surface area contributed by atoms with Gasteiger partial charge in [-0.1, -0.05) is 0 Å². The number of rotatable bonds is 5. The van der Waals surface area contributed by atoms with Crippen LogP contribution in [-0.4, -0.2) is 36.7 Å². The lowest BCUT2D eigenvalue weighted by atomic mass is 10.2. The molecule has 102 valence electrons. The molecule has 3 N–H and O–H groups in total. The summed E-state index contributed by atoms with van der Waals surface area (Å²) in [6.07, 6.45) is 0.755. The first kappa shape index (κ1) is 13.4. The molecule has 1 fully saturated rings. The fraction of sp³-hybridized carbons (Fsp3) is 0.385. The number of aliphatic hydroxyl groups is 1. The molecule has 1 aromatic rings. The summed E-state index contributed by atoms with van der Waals surface area (Å²) in [6.45, 7) is 1.32. The number of carbonyl (C=O) groups is 2. The molecule has 6 heteroatoms. The number of carbonyl (C=O) groups excluding carboxylic acids is 2. The van der Waals surface area contributed by atoms with Crippen molar-refractivity contribution in [1.82, 2.24) is 5.32 Å². The van der Waals surface area contributed by atoms with Crippen molar-refractivity contribution in [2.75, 3.05) is 29.9 Å². The summed E-state index contributed by atoms with van der Waals surface area (Å²) >= 11 is 0. The van der Waals surface area contributed by atoms with Crippen LogP contribution in [0.1, 0.15) is 12.8 Å². The number of anilines is 2. The van der Waals surface area contributed by atoms with Crippen molar-refractivity contribution in [3.05, 3.63) is 24.3 Å². The highest BCUT2D eigenvalue weighted by atomic mass is 16.3. The normalized spacial score (nSPS) is 14.4. The third kappa shape index (κ3) is 3.45. The fourth-order valence-corrected chi connectivity index (χ4v) is 1.91. The van der Waals surface area contributed by atoms with Crippen molar-refractivity contribution in [3.63, 3.8) is 0 Å². The Hall–Kier alpha value is -2.08. The van der Waals surface area contributed by atoms with E-state index in [4.69, 9.17) is 5.11 Å². The number of hydrogen-bond acceptors (Lipinski definition) is 3. The van der Waals surface area contributed by atoms with Crippen molar-refractivity contribution in [2.24, 2.45) is 0 Å². The summed E-state index contributed by atoms with van der Waals surface area (Å²) in [5.74, 6) is -0.124. The summed E-state index contributed by atoms with van der Waals surface area (Å²) in [4.78, 5) is 24.6. The number of aliphatic hydroxyl groups excluding tert-OH is 1. The second-order valence-corrected chi connectivity index (χ2v) is 4.31. The minimum Gasteiger partial charge on any atom is -0.396 e. The van der Waals surface area contributed by atoms with Gasteiger partial charge in [-0.3, -0.25) is 9.69 Å². The Morgan fingerprint density at radius 3 is 2.68 bits per heavy atom. The predicted octanol–water partition coefficient (Wildman–Crippen LogP) is 0.927. The van der Waals surface area contributed by atoms with Crippen LogP contribution in [-0.2, 0) is 4.79 Å². The highest BCUT2D eigenvalue weighted by molar-refractivity contribution is 5.95. The lowest BCUT2D eigenvalue weighted by molar-refractivity contribution is -0.116. The Kier molecular flexibility index (Phi) is 4.35. The number of nitrogens with one attached hydrogen (secondary N) is 2. The summed E-state index contributed by atoms with van der Waals surface area (Å²) in [6, 6.07) is 7.02. The van der Waals surface area contributed by atoms with E-state index in [2.05, 4.69) is 10.6 Å². The maximum atomic E-state index is 11.5. The average molecular weight is 263 g/mol. The molecule has 1 saturated heterocycles. The Morgan fingerprint density at radius 1 is 1.37 bits per heavy atom. The molecule has 0 aliphatic carbocycles. The van der Waals surface area contributed by atoms with Crippen LogP contribution < -0.4 is 15.5 Å². The maximum Gasteiger partial charge on any atom is 0.321 e. The summed E-state index contributed by atoms with van der Waals surface area (Å²) in [7, 11) is 0. The average Bonchev–Trinajstić information content (AvgIpc) is 2.83. The highest BCUT2D eigenvalue weighted by Gasteiger charge is 2.20. The molecule has 2 rings (SSSR count). The van der Waals surface area contributed by atoms with E-state index in [-0.39, 0.29) is 18.5 Å². The lowest BCUT2D eigenvalue weighted by Gasteiger charge is -2.14. The van der Waals surface area contributed by atoms with Crippen LogP contribution in [0, 0.1) is 0 Å². The molecule has 1 aliphatic rings. The van der Waals surface area contributed by atoms with Crippen molar-refractivity contribution < 1.29 is 14.7 Å². The van der Waals surface area contributed by atoms with Crippen molar-refractivity contribution >= 4 is 23.3 Å². The molecular weight excluding hydrogens is 246 g/mol. The van der Waals surface area contributed by atoms with Crippen LogP contribution in [0.25, 0.3) is 0 Å². The van der Waals surface area contributed by atoms with Gasteiger partial charge in [-0.25, -0.2) is 4.79 Å². The first-order chi connectivity index (χ1) is 9.20. The second-order valence-electron chi connectivity index (χ2n) is 4.31. The zero-order valence-corrected chi connectivity index (χ0v) is 10.6. The first-order valence-electron chi connectivity index (χ1n) is 6.27. The maximum absolute atomic E-state index is 11.5. The van der Waals surface area contributed by atoms with Crippen LogP contribution in [0.3, 0.4) is 0 Å². The van der Waals surface area contributed by atoms with Gasteiger partial charge >= 0.3 is 6.03 Å². The number of amides is 3. The predicted molar refractivity (Wildman–Crippen MR) is 72.1 cm³/mol. The Balaban J connectivity index is 1.94. The molecule has 0 spiro atoms. The van der Waals surface area contributed by atoms with Gasteiger partial charge in [-0.15, -0.1) is 0 Å². The van der Waals surface area contributed by atoms with Gasteiger partial charge in [0, 0.05) is 37.5 Å². The highest BCUT2D eigenvalue weighted by Crippen LogP contribution is 2.19. The van der Waals surface area contributed by atoms with Crippen LogP contribution in [0.4, 0.5) is 16.2 Å². The lowest BCUT2D eigenvalue weighted by Crippen LogP contribution is -2.27. The van der Waals surface area contributed by atoms with Gasteiger partial charge in [0.2, 0.25) is 5.91 Å². The van der Waals surface area contributed by atoms with E-state index in [1.165, 1.54) is 0 Å².